The molecule has 0 saturated heterocycles. The first kappa shape index (κ1) is 19.5. The van der Waals surface area contributed by atoms with E-state index in [0.717, 1.165) is 13.0 Å². The fourth-order valence-electron chi connectivity index (χ4n) is 1.15. The van der Waals surface area contributed by atoms with Crippen LogP contribution in [0.15, 0.2) is 30.3 Å². The van der Waals surface area contributed by atoms with Crippen LogP contribution in [0.3, 0.4) is 0 Å². The summed E-state index contributed by atoms with van der Waals surface area (Å²) < 4.78 is 5.56. The van der Waals surface area contributed by atoms with Crippen LogP contribution < -0.4 is 0 Å². The van der Waals surface area contributed by atoms with Gasteiger partial charge in [-0.05, 0) is 27.2 Å². The Labute approximate surface area is 126 Å². The van der Waals surface area contributed by atoms with Gasteiger partial charge in [-0.15, -0.1) is 0 Å². The Balaban J connectivity index is 0. The molecule has 0 N–H and O–H groups in total. The van der Waals surface area contributed by atoms with Crippen LogP contribution in [0, 0.1) is 6.92 Å². The van der Waals surface area contributed by atoms with Gasteiger partial charge in [-0.1, -0.05) is 12.8 Å². The predicted octanol–water partition coefficient (Wildman–Crippen LogP) is 4.60. The smallest absolute Gasteiger partial charge is 0.376 e. The normalized spacial score (nSPS) is 10.1. The molecule has 1 rings (SSSR count). The van der Waals surface area contributed by atoms with E-state index < -0.39 is 0 Å². The Bertz CT molecular complexity index is 194. The number of ether oxygens (including phenoxy) is 1. The van der Waals surface area contributed by atoms with Gasteiger partial charge in [0.1, 0.15) is 0 Å². The first-order chi connectivity index (χ1) is 7.56. The first-order valence-electron chi connectivity index (χ1n) is 6.16. The van der Waals surface area contributed by atoms with Gasteiger partial charge in [0.15, 0.2) is 0 Å². The summed E-state index contributed by atoms with van der Waals surface area (Å²) in [5, 5.41) is 0. The topological polar surface area (TPSA) is 9.23 Å². The molecule has 0 atom stereocenters. The van der Waals surface area contributed by atoms with Gasteiger partial charge in [0.05, 0.1) is 5.60 Å². The third-order valence-electron chi connectivity index (χ3n) is 1.98. The molecule has 0 spiro atoms. The van der Waals surface area contributed by atoms with Gasteiger partial charge in [-0.2, -0.15) is 24.6 Å². The average Bonchev–Trinajstić information content (AvgIpc) is 2.73. The van der Waals surface area contributed by atoms with Crippen LogP contribution in [-0.2, 0) is 30.9 Å². The van der Waals surface area contributed by atoms with Crippen molar-refractivity contribution < 1.29 is 30.9 Å². The Morgan fingerprint density at radius 2 is 1.65 bits per heavy atom. The summed E-state index contributed by atoms with van der Waals surface area (Å²) >= 11 is 0. The van der Waals surface area contributed by atoms with Gasteiger partial charge >= 0.3 is 26.2 Å². The standard InChI is InChI=1S/C10H21O.C5H5.Zr/c1-5-6-7-8-9-11-10(2,3)4;1-2-4-5-3-1;/h1,5-9H2,2-4H3;1-5H;/q2*-1;+2. The van der Waals surface area contributed by atoms with Crippen LogP contribution in [0.1, 0.15) is 46.5 Å². The number of hydrogen-bond acceptors (Lipinski definition) is 1. The monoisotopic (exact) mass is 312 g/mol. The number of hydrogen-bond donors (Lipinski definition) is 0. The van der Waals surface area contributed by atoms with Crippen LogP contribution in [0.5, 0.6) is 0 Å². The second-order valence-electron chi connectivity index (χ2n) is 4.84. The summed E-state index contributed by atoms with van der Waals surface area (Å²) in [4.78, 5) is 0. The minimum Gasteiger partial charge on any atom is -0.376 e. The molecule has 0 unspecified atom stereocenters. The maximum atomic E-state index is 5.56. The molecule has 0 aliphatic heterocycles. The summed E-state index contributed by atoms with van der Waals surface area (Å²) in [6, 6.07) is 10.0. The van der Waals surface area contributed by atoms with Crippen molar-refractivity contribution in [2.24, 2.45) is 0 Å². The third-order valence-corrected chi connectivity index (χ3v) is 1.98. The zero-order chi connectivity index (χ0) is 12.3. The van der Waals surface area contributed by atoms with E-state index >= 15 is 0 Å². The van der Waals surface area contributed by atoms with Crippen LogP contribution in [-0.4, -0.2) is 12.2 Å². The Kier molecular flexibility index (Phi) is 14.5. The second kappa shape index (κ2) is 12.6. The van der Waals surface area contributed by atoms with Gasteiger partial charge in [0.2, 0.25) is 0 Å². The molecule has 2 heteroatoms. The summed E-state index contributed by atoms with van der Waals surface area (Å²) in [5.41, 5.74) is 0.0322. The van der Waals surface area contributed by atoms with Crippen molar-refractivity contribution in [1.29, 1.82) is 0 Å². The van der Waals surface area contributed by atoms with Crippen molar-refractivity contribution in [3.8, 4) is 0 Å². The quantitative estimate of drug-likeness (QED) is 0.570. The molecule has 0 aromatic heterocycles. The van der Waals surface area contributed by atoms with Crippen LogP contribution in [0.25, 0.3) is 0 Å². The van der Waals surface area contributed by atoms with Gasteiger partial charge in [-0.25, -0.2) is 12.1 Å². The summed E-state index contributed by atoms with van der Waals surface area (Å²) in [6.07, 6.45) is 4.70. The summed E-state index contributed by atoms with van der Waals surface area (Å²) in [6.45, 7) is 11.0. The molecule has 1 nitrogen and oxygen atoms in total. The van der Waals surface area contributed by atoms with Crippen LogP contribution in [0.4, 0.5) is 0 Å². The van der Waals surface area contributed by atoms with Gasteiger partial charge in [0, 0.05) is 6.61 Å². The SMILES string of the molecule is [CH2-]CCCCCOC(C)(C)C.[Zr+2].c1cc[cH-]c1. The Morgan fingerprint density at radius 3 is 2.00 bits per heavy atom. The van der Waals surface area contributed by atoms with Crippen LogP contribution >= 0.6 is 0 Å². The average molecular weight is 314 g/mol. The van der Waals surface area contributed by atoms with Crippen molar-refractivity contribution >= 4 is 0 Å². The van der Waals surface area contributed by atoms with Crippen molar-refractivity contribution in [3.63, 3.8) is 0 Å². The van der Waals surface area contributed by atoms with E-state index in [1.165, 1.54) is 19.3 Å². The Morgan fingerprint density at radius 1 is 1.06 bits per heavy atom. The largest absolute Gasteiger partial charge is 2.00 e. The van der Waals surface area contributed by atoms with Crippen molar-refractivity contribution in [1.82, 2.24) is 0 Å². The number of unbranched alkanes of at least 4 members (excludes halogenated alkanes) is 3. The zero-order valence-electron chi connectivity index (χ0n) is 11.5. The molecule has 0 saturated carbocycles. The van der Waals surface area contributed by atoms with Gasteiger partial charge < -0.3 is 11.7 Å². The maximum absolute atomic E-state index is 5.56. The fourth-order valence-corrected chi connectivity index (χ4v) is 1.15. The molecular formula is C15H26OZr. The summed E-state index contributed by atoms with van der Waals surface area (Å²) in [7, 11) is 0. The Hall–Kier alpha value is 0.193. The molecule has 0 bridgehead atoms. The molecular weight excluding hydrogens is 287 g/mol. The van der Waals surface area contributed by atoms with Crippen molar-refractivity contribution in [2.45, 2.75) is 52.1 Å². The fraction of sp³-hybridized carbons (Fsp3) is 0.600. The van der Waals surface area contributed by atoms with E-state index in [1.807, 2.05) is 30.3 Å². The van der Waals surface area contributed by atoms with E-state index in [-0.39, 0.29) is 31.8 Å². The molecule has 1 aromatic rings. The number of rotatable bonds is 5. The summed E-state index contributed by atoms with van der Waals surface area (Å²) in [5.74, 6) is 0. The first-order valence-corrected chi connectivity index (χ1v) is 6.16. The maximum Gasteiger partial charge on any atom is 2.00 e. The molecule has 0 radical (unpaired) electrons. The van der Waals surface area contributed by atoms with E-state index in [4.69, 9.17) is 4.74 Å². The van der Waals surface area contributed by atoms with Crippen molar-refractivity contribution in [2.75, 3.05) is 6.61 Å². The molecule has 0 aliphatic rings. The zero-order valence-corrected chi connectivity index (χ0v) is 14.0. The molecule has 0 aliphatic carbocycles. The minimum atomic E-state index is 0. The molecule has 1 aromatic carbocycles. The second-order valence-corrected chi connectivity index (χ2v) is 4.84. The molecule has 0 amide bonds. The molecule has 17 heavy (non-hydrogen) atoms. The van der Waals surface area contributed by atoms with Gasteiger partial charge in [-0.3, -0.25) is 0 Å². The minimum absolute atomic E-state index is 0. The molecule has 96 valence electrons. The van der Waals surface area contributed by atoms with E-state index in [0.29, 0.717) is 0 Å². The molecule has 0 heterocycles. The van der Waals surface area contributed by atoms with Crippen molar-refractivity contribution in [3.05, 3.63) is 37.3 Å². The van der Waals surface area contributed by atoms with E-state index in [2.05, 4.69) is 27.7 Å². The predicted molar refractivity (Wildman–Crippen MR) is 71.6 cm³/mol. The van der Waals surface area contributed by atoms with Crippen LogP contribution in [0.2, 0.25) is 0 Å². The third kappa shape index (κ3) is 18.7. The van der Waals surface area contributed by atoms with E-state index in [9.17, 15) is 0 Å². The van der Waals surface area contributed by atoms with Gasteiger partial charge in [0.25, 0.3) is 0 Å². The van der Waals surface area contributed by atoms with E-state index in [1.54, 1.807) is 0 Å². The molecule has 0 fully saturated rings.